The highest BCUT2D eigenvalue weighted by Gasteiger charge is 2.42. The van der Waals surface area contributed by atoms with Gasteiger partial charge in [-0.1, -0.05) is 17.7 Å². The molecule has 24 heavy (non-hydrogen) atoms. The van der Waals surface area contributed by atoms with Crippen molar-refractivity contribution < 1.29 is 14.0 Å². The Kier molecular flexibility index (Phi) is 4.88. The molecule has 2 fully saturated rings. The number of alkyl halides is 1. The normalized spacial score (nSPS) is 24.3. The smallest absolute Gasteiger partial charge is 0.254 e. The highest BCUT2D eigenvalue weighted by Crippen LogP contribution is 2.26. The highest BCUT2D eigenvalue weighted by atomic mass is 19.1. The third-order valence-corrected chi connectivity index (χ3v) is 5.09. The summed E-state index contributed by atoms with van der Waals surface area (Å²) in [5, 5.41) is 0. The minimum atomic E-state index is -1.13. The molecule has 2 aliphatic rings. The molecule has 2 saturated heterocycles. The monoisotopic (exact) mass is 332 g/mol. The van der Waals surface area contributed by atoms with Gasteiger partial charge in [0.1, 0.15) is 12.2 Å². The van der Waals surface area contributed by atoms with Gasteiger partial charge in [0.05, 0.1) is 6.54 Å². The van der Waals surface area contributed by atoms with Crippen molar-refractivity contribution in [3.05, 3.63) is 34.9 Å². The van der Waals surface area contributed by atoms with Gasteiger partial charge in [0.25, 0.3) is 5.91 Å². The molecular weight excluding hydrogens is 307 g/mol. The zero-order chi connectivity index (χ0) is 17.3. The van der Waals surface area contributed by atoms with Gasteiger partial charge in [0.15, 0.2) is 0 Å². The first-order chi connectivity index (χ1) is 11.5. The van der Waals surface area contributed by atoms with Crippen molar-refractivity contribution in [2.24, 2.45) is 0 Å². The van der Waals surface area contributed by atoms with Crippen LogP contribution in [0.2, 0.25) is 0 Å². The maximum atomic E-state index is 14.0. The van der Waals surface area contributed by atoms with Gasteiger partial charge in [-0.15, -0.1) is 0 Å². The average molecular weight is 332 g/mol. The van der Waals surface area contributed by atoms with E-state index in [-0.39, 0.29) is 24.8 Å². The van der Waals surface area contributed by atoms with Gasteiger partial charge in [0, 0.05) is 25.1 Å². The van der Waals surface area contributed by atoms with Crippen LogP contribution < -0.4 is 0 Å². The van der Waals surface area contributed by atoms with Crippen LogP contribution >= 0.6 is 0 Å². The number of carbonyl (C=O) groups excluding carboxylic acids is 2. The lowest BCUT2D eigenvalue weighted by Gasteiger charge is -2.32. The Bertz CT molecular complexity index is 640. The van der Waals surface area contributed by atoms with Gasteiger partial charge < -0.3 is 9.80 Å². The number of amides is 2. The lowest BCUT2D eigenvalue weighted by atomic mass is 10.0. The molecule has 5 heteroatoms. The molecule has 0 spiro atoms. The summed E-state index contributed by atoms with van der Waals surface area (Å²) in [5.74, 6) is -0.319. The number of carbonyl (C=O) groups is 2. The zero-order valence-electron chi connectivity index (χ0n) is 14.4. The van der Waals surface area contributed by atoms with Crippen LogP contribution in [0.25, 0.3) is 0 Å². The average Bonchev–Trinajstić information content (AvgIpc) is 2.98. The number of piperidine rings is 1. The van der Waals surface area contributed by atoms with Crippen LogP contribution in [0.4, 0.5) is 4.39 Å². The quantitative estimate of drug-likeness (QED) is 0.835. The molecular formula is C19H25FN2O2. The summed E-state index contributed by atoms with van der Waals surface area (Å²) in [6, 6.07) is 5.01. The van der Waals surface area contributed by atoms with Gasteiger partial charge in [0.2, 0.25) is 5.91 Å². The lowest BCUT2D eigenvalue weighted by molar-refractivity contribution is -0.136. The van der Waals surface area contributed by atoms with Gasteiger partial charge in [-0.3, -0.25) is 9.59 Å². The number of aryl methyl sites for hydroxylation is 2. The number of rotatable bonds is 2. The van der Waals surface area contributed by atoms with Crippen molar-refractivity contribution in [2.75, 3.05) is 19.6 Å². The van der Waals surface area contributed by atoms with Crippen molar-refractivity contribution in [3.8, 4) is 0 Å². The second kappa shape index (κ2) is 6.91. The van der Waals surface area contributed by atoms with Crippen LogP contribution in [0.15, 0.2) is 18.2 Å². The molecule has 2 amide bonds. The molecule has 130 valence electrons. The molecule has 0 aliphatic carbocycles. The number of hydrogen-bond donors (Lipinski definition) is 0. The van der Waals surface area contributed by atoms with E-state index in [2.05, 4.69) is 0 Å². The number of hydrogen-bond acceptors (Lipinski definition) is 2. The van der Waals surface area contributed by atoms with Gasteiger partial charge in [-0.25, -0.2) is 4.39 Å². The molecule has 2 heterocycles. The number of benzene rings is 1. The molecule has 2 atom stereocenters. The number of halogens is 1. The van der Waals surface area contributed by atoms with Crippen LogP contribution in [-0.4, -0.2) is 53.5 Å². The molecule has 0 aromatic heterocycles. The fraction of sp³-hybridized carbons (Fsp3) is 0.579. The van der Waals surface area contributed by atoms with E-state index in [0.717, 1.165) is 43.5 Å². The predicted molar refractivity (Wildman–Crippen MR) is 90.7 cm³/mol. The third kappa shape index (κ3) is 3.30. The minimum Gasteiger partial charge on any atom is -0.341 e. The summed E-state index contributed by atoms with van der Waals surface area (Å²) in [7, 11) is 0. The molecule has 2 aliphatic heterocycles. The molecule has 1 aromatic carbocycles. The first kappa shape index (κ1) is 16.9. The number of likely N-dealkylation sites (tertiary alicyclic amines) is 2. The van der Waals surface area contributed by atoms with E-state index in [1.807, 2.05) is 32.0 Å². The fourth-order valence-corrected chi connectivity index (χ4v) is 3.69. The topological polar surface area (TPSA) is 40.6 Å². The van der Waals surface area contributed by atoms with Crippen molar-refractivity contribution >= 4 is 11.8 Å². The Morgan fingerprint density at radius 2 is 1.83 bits per heavy atom. The van der Waals surface area contributed by atoms with Crippen molar-refractivity contribution in [2.45, 2.75) is 51.7 Å². The Hall–Kier alpha value is -1.91. The maximum Gasteiger partial charge on any atom is 0.254 e. The van der Waals surface area contributed by atoms with E-state index >= 15 is 0 Å². The maximum absolute atomic E-state index is 14.0. The zero-order valence-corrected chi connectivity index (χ0v) is 14.4. The summed E-state index contributed by atoms with van der Waals surface area (Å²) in [4.78, 5) is 29.0. The Labute approximate surface area is 142 Å². The summed E-state index contributed by atoms with van der Waals surface area (Å²) < 4.78 is 14.0. The Morgan fingerprint density at radius 3 is 2.54 bits per heavy atom. The first-order valence-electron chi connectivity index (χ1n) is 8.78. The minimum absolute atomic E-state index is 0.0104. The lowest BCUT2D eigenvalue weighted by Crippen LogP contribution is -2.49. The van der Waals surface area contributed by atoms with Crippen molar-refractivity contribution in [3.63, 3.8) is 0 Å². The summed E-state index contributed by atoms with van der Waals surface area (Å²) in [6.07, 6.45) is 2.10. The second-order valence-electron chi connectivity index (χ2n) is 7.01. The highest BCUT2D eigenvalue weighted by molar-refractivity contribution is 5.99. The van der Waals surface area contributed by atoms with Crippen molar-refractivity contribution in [1.82, 2.24) is 9.80 Å². The molecule has 4 nitrogen and oxygen atoms in total. The van der Waals surface area contributed by atoms with Crippen LogP contribution in [0, 0.1) is 13.8 Å². The van der Waals surface area contributed by atoms with E-state index in [0.29, 0.717) is 5.56 Å². The van der Waals surface area contributed by atoms with E-state index in [1.54, 1.807) is 4.90 Å². The van der Waals surface area contributed by atoms with E-state index in [4.69, 9.17) is 0 Å². The summed E-state index contributed by atoms with van der Waals surface area (Å²) in [5.41, 5.74) is 2.41. The Balaban J connectivity index is 1.83. The number of nitrogens with zero attached hydrogens (tertiary/aromatic N) is 2. The van der Waals surface area contributed by atoms with E-state index < -0.39 is 12.2 Å². The van der Waals surface area contributed by atoms with Gasteiger partial charge in [-0.2, -0.15) is 0 Å². The molecule has 1 aromatic rings. The molecule has 0 bridgehead atoms. The summed E-state index contributed by atoms with van der Waals surface area (Å²) >= 11 is 0. The standard InChI is InChI=1S/C19H25FN2O2/c1-13-6-7-14(2)16(10-13)18(23)22-12-15(20)11-17(22)19(24)21-8-4-3-5-9-21/h6-7,10,15,17H,3-5,8-9,11-12H2,1-2H3/t15-,17-/m0/s1. The molecule has 0 N–H and O–H groups in total. The predicted octanol–water partition coefficient (Wildman–Crippen LogP) is 2.87. The SMILES string of the molecule is Cc1ccc(C)c(C(=O)N2C[C@@H](F)C[C@H]2C(=O)N2CCCCC2)c1. The van der Waals surface area contributed by atoms with E-state index in [1.165, 1.54) is 4.90 Å². The second-order valence-corrected chi connectivity index (χ2v) is 7.01. The third-order valence-electron chi connectivity index (χ3n) is 5.09. The molecule has 3 rings (SSSR count). The molecule has 0 radical (unpaired) electrons. The van der Waals surface area contributed by atoms with E-state index in [9.17, 15) is 14.0 Å². The fourth-order valence-electron chi connectivity index (χ4n) is 3.69. The largest absolute Gasteiger partial charge is 0.341 e. The van der Waals surface area contributed by atoms with Crippen LogP contribution in [-0.2, 0) is 4.79 Å². The first-order valence-corrected chi connectivity index (χ1v) is 8.78. The van der Waals surface area contributed by atoms with Crippen LogP contribution in [0.5, 0.6) is 0 Å². The Morgan fingerprint density at radius 1 is 1.12 bits per heavy atom. The van der Waals surface area contributed by atoms with Crippen LogP contribution in [0.1, 0.15) is 47.2 Å². The molecule has 0 unspecified atom stereocenters. The van der Waals surface area contributed by atoms with Gasteiger partial charge in [-0.05, 0) is 44.7 Å². The van der Waals surface area contributed by atoms with Crippen LogP contribution in [0.3, 0.4) is 0 Å². The summed E-state index contributed by atoms with van der Waals surface area (Å²) in [6.45, 7) is 5.25. The van der Waals surface area contributed by atoms with Crippen molar-refractivity contribution in [1.29, 1.82) is 0 Å². The van der Waals surface area contributed by atoms with Gasteiger partial charge >= 0.3 is 0 Å². The molecule has 0 saturated carbocycles.